The van der Waals surface area contributed by atoms with Gasteiger partial charge in [-0.25, -0.2) is 4.79 Å². The quantitative estimate of drug-likeness (QED) is 0.774. The van der Waals surface area contributed by atoms with Crippen molar-refractivity contribution in [3.8, 4) is 0 Å². The zero-order valence-corrected chi connectivity index (χ0v) is 13.4. The van der Waals surface area contributed by atoms with Crippen LogP contribution < -0.4 is 10.6 Å². The summed E-state index contributed by atoms with van der Waals surface area (Å²) < 4.78 is 0. The van der Waals surface area contributed by atoms with Crippen LogP contribution in [0.1, 0.15) is 27.2 Å². The van der Waals surface area contributed by atoms with Crippen LogP contribution in [0.4, 0.5) is 4.79 Å². The van der Waals surface area contributed by atoms with Gasteiger partial charge in [-0.2, -0.15) is 0 Å². The van der Waals surface area contributed by atoms with Crippen molar-refractivity contribution in [3.05, 3.63) is 0 Å². The van der Waals surface area contributed by atoms with Gasteiger partial charge >= 0.3 is 6.03 Å². The van der Waals surface area contributed by atoms with E-state index in [9.17, 15) is 4.79 Å². The molecule has 0 saturated heterocycles. The lowest BCUT2D eigenvalue weighted by Crippen LogP contribution is -2.39. The number of nitrogens with one attached hydrogen (secondary N) is 2. The first kappa shape index (κ1) is 16.1. The Kier molecular flexibility index (Phi) is 5.97. The highest BCUT2D eigenvalue weighted by Crippen LogP contribution is 2.31. The van der Waals surface area contributed by atoms with Crippen LogP contribution in [0.25, 0.3) is 0 Å². The fourth-order valence-corrected chi connectivity index (χ4v) is 3.18. The number of amides is 2. The number of nitrogens with zero attached hydrogens (tertiary/aromatic N) is 2. The Bertz CT molecular complexity index is 336. The maximum atomic E-state index is 11.3. The Morgan fingerprint density at radius 1 is 1.42 bits per heavy atom. The number of aliphatic imine (C=N–C) groups is 1. The number of carbonyl (C=O) groups excluding carboxylic acids is 1. The molecule has 0 radical (unpaired) electrons. The van der Waals surface area contributed by atoms with Crippen molar-refractivity contribution in [2.45, 2.75) is 32.4 Å². The Morgan fingerprint density at radius 2 is 2.11 bits per heavy atom. The van der Waals surface area contributed by atoms with E-state index in [0.29, 0.717) is 23.8 Å². The van der Waals surface area contributed by atoms with Crippen LogP contribution in [0.5, 0.6) is 0 Å². The second kappa shape index (κ2) is 7.03. The molecule has 2 N–H and O–H groups in total. The molecule has 110 valence electrons. The highest BCUT2D eigenvalue weighted by atomic mass is 32.2. The molecule has 5 nitrogen and oxygen atoms in total. The maximum Gasteiger partial charge on any atom is 0.316 e. The van der Waals surface area contributed by atoms with Crippen LogP contribution in [-0.4, -0.2) is 55.1 Å². The van der Waals surface area contributed by atoms with Crippen molar-refractivity contribution in [3.63, 3.8) is 0 Å². The lowest BCUT2D eigenvalue weighted by Gasteiger charge is -2.21. The average Bonchev–Trinajstić information content (AvgIpc) is 2.69. The third-order valence-corrected chi connectivity index (χ3v) is 3.79. The van der Waals surface area contributed by atoms with E-state index in [2.05, 4.69) is 36.4 Å². The smallest absolute Gasteiger partial charge is 0.316 e. The predicted molar refractivity (Wildman–Crippen MR) is 82.8 cm³/mol. The van der Waals surface area contributed by atoms with Crippen molar-refractivity contribution in [1.82, 2.24) is 15.5 Å². The monoisotopic (exact) mass is 286 g/mol. The average molecular weight is 286 g/mol. The first-order valence-corrected chi connectivity index (χ1v) is 7.56. The van der Waals surface area contributed by atoms with E-state index >= 15 is 0 Å². The van der Waals surface area contributed by atoms with E-state index in [1.165, 1.54) is 11.3 Å². The molecule has 1 heterocycles. The van der Waals surface area contributed by atoms with E-state index in [-0.39, 0.29) is 6.03 Å². The first-order valence-electron chi connectivity index (χ1n) is 6.68. The summed E-state index contributed by atoms with van der Waals surface area (Å²) in [5, 5.41) is 7.68. The van der Waals surface area contributed by atoms with Crippen LogP contribution >= 0.6 is 11.8 Å². The third-order valence-electron chi connectivity index (χ3n) is 2.64. The molecule has 1 rings (SSSR count). The first-order chi connectivity index (χ1) is 8.78. The summed E-state index contributed by atoms with van der Waals surface area (Å²) in [7, 11) is 3.47. The molecule has 1 aliphatic rings. The van der Waals surface area contributed by atoms with E-state index in [0.717, 1.165) is 11.7 Å². The maximum absolute atomic E-state index is 11.3. The normalized spacial score (nSPS) is 19.0. The zero-order valence-electron chi connectivity index (χ0n) is 12.6. The number of urea groups is 1. The minimum atomic E-state index is -0.0616. The second-order valence-corrected chi connectivity index (χ2v) is 7.49. The van der Waals surface area contributed by atoms with Crippen molar-refractivity contribution in [2.24, 2.45) is 10.4 Å². The van der Waals surface area contributed by atoms with Gasteiger partial charge in [-0.15, -0.1) is 0 Å². The number of amidine groups is 1. The van der Waals surface area contributed by atoms with Crippen LogP contribution in [-0.2, 0) is 0 Å². The summed E-state index contributed by atoms with van der Waals surface area (Å²) in [5.74, 6) is 0. The van der Waals surface area contributed by atoms with E-state index in [1.54, 1.807) is 14.1 Å². The van der Waals surface area contributed by atoms with Crippen molar-refractivity contribution < 1.29 is 4.79 Å². The molecule has 1 unspecified atom stereocenters. The molecule has 19 heavy (non-hydrogen) atoms. The van der Waals surface area contributed by atoms with Gasteiger partial charge in [0.25, 0.3) is 0 Å². The molecule has 0 fully saturated rings. The van der Waals surface area contributed by atoms with Gasteiger partial charge in [0.05, 0.1) is 6.54 Å². The summed E-state index contributed by atoms with van der Waals surface area (Å²) in [5.41, 5.74) is 0.350. The topological polar surface area (TPSA) is 56.7 Å². The highest BCUT2D eigenvalue weighted by molar-refractivity contribution is 8.14. The van der Waals surface area contributed by atoms with Gasteiger partial charge in [-0.1, -0.05) is 32.5 Å². The number of carbonyl (C=O) groups is 1. The minimum absolute atomic E-state index is 0.0616. The molecular weight excluding hydrogens is 260 g/mol. The minimum Gasteiger partial charge on any atom is -0.363 e. The van der Waals surface area contributed by atoms with Crippen LogP contribution in [0.2, 0.25) is 0 Å². The number of thioether (sulfide) groups is 1. The largest absolute Gasteiger partial charge is 0.363 e. The van der Waals surface area contributed by atoms with Gasteiger partial charge in [-0.05, 0) is 11.8 Å². The lowest BCUT2D eigenvalue weighted by molar-refractivity contribution is 0.217. The van der Waals surface area contributed by atoms with Crippen LogP contribution in [0.15, 0.2) is 4.99 Å². The Morgan fingerprint density at radius 3 is 2.68 bits per heavy atom. The number of hydrogen-bond acceptors (Lipinski definition) is 4. The standard InChI is InChI=1S/C13H26N4OS/c1-13(2,3)8-10-9-16-11(19-10)14-6-7-15-12(18)17(4)5/h10H,6-9H2,1-5H3,(H,14,16)(H,15,18). The molecule has 0 aliphatic carbocycles. The molecule has 0 bridgehead atoms. The van der Waals surface area contributed by atoms with Crippen LogP contribution in [0.3, 0.4) is 0 Å². The Hall–Kier alpha value is -0.910. The molecule has 0 aromatic heterocycles. The van der Waals surface area contributed by atoms with Gasteiger partial charge in [0.15, 0.2) is 5.17 Å². The molecule has 0 aromatic carbocycles. The predicted octanol–water partition coefficient (Wildman–Crippen LogP) is 1.75. The van der Waals surface area contributed by atoms with Crippen molar-refractivity contribution >= 4 is 23.0 Å². The summed E-state index contributed by atoms with van der Waals surface area (Å²) in [6.45, 7) is 9.00. The summed E-state index contributed by atoms with van der Waals surface area (Å²) >= 11 is 1.82. The molecule has 1 atom stereocenters. The Balaban J connectivity index is 2.14. The SMILES string of the molecule is CN(C)C(=O)NCCNC1=NCC(CC(C)(C)C)S1. The Labute approximate surface area is 120 Å². The van der Waals surface area contributed by atoms with E-state index < -0.39 is 0 Å². The highest BCUT2D eigenvalue weighted by Gasteiger charge is 2.24. The summed E-state index contributed by atoms with van der Waals surface area (Å²) in [4.78, 5) is 17.3. The van der Waals surface area contributed by atoms with Gasteiger partial charge in [0.2, 0.25) is 0 Å². The number of hydrogen-bond donors (Lipinski definition) is 2. The van der Waals surface area contributed by atoms with Crippen molar-refractivity contribution in [2.75, 3.05) is 33.7 Å². The van der Waals surface area contributed by atoms with Gasteiger partial charge in [0.1, 0.15) is 0 Å². The van der Waals surface area contributed by atoms with Gasteiger partial charge in [0, 0.05) is 32.4 Å². The van der Waals surface area contributed by atoms with Crippen molar-refractivity contribution in [1.29, 1.82) is 0 Å². The fraction of sp³-hybridized carbons (Fsp3) is 0.846. The lowest BCUT2D eigenvalue weighted by atomic mass is 9.90. The van der Waals surface area contributed by atoms with Gasteiger partial charge < -0.3 is 15.5 Å². The van der Waals surface area contributed by atoms with E-state index in [1.807, 2.05) is 11.8 Å². The molecule has 0 saturated carbocycles. The molecule has 0 spiro atoms. The zero-order chi connectivity index (χ0) is 14.5. The summed E-state index contributed by atoms with van der Waals surface area (Å²) in [6.07, 6.45) is 1.17. The number of rotatable bonds is 4. The third kappa shape index (κ3) is 6.71. The van der Waals surface area contributed by atoms with Crippen LogP contribution in [0, 0.1) is 5.41 Å². The second-order valence-electron chi connectivity index (χ2n) is 6.20. The molecular formula is C13H26N4OS. The van der Waals surface area contributed by atoms with E-state index in [4.69, 9.17) is 0 Å². The molecule has 0 aromatic rings. The molecule has 2 amide bonds. The van der Waals surface area contributed by atoms with Gasteiger partial charge in [-0.3, -0.25) is 4.99 Å². The molecule has 6 heteroatoms. The fourth-order valence-electron chi connectivity index (χ4n) is 1.80. The molecule has 1 aliphatic heterocycles. The summed E-state index contributed by atoms with van der Waals surface area (Å²) in [6, 6.07) is -0.0616.